The predicted molar refractivity (Wildman–Crippen MR) is 67.8 cm³/mol. The van der Waals surface area contributed by atoms with Crippen LogP contribution >= 0.6 is 7.52 Å². The van der Waals surface area contributed by atoms with Crippen molar-refractivity contribution < 1.29 is 13.9 Å². The molecule has 0 aromatic heterocycles. The van der Waals surface area contributed by atoms with Crippen LogP contribution in [0.5, 0.6) is 0 Å². The third-order valence-electron chi connectivity index (χ3n) is 2.25. The lowest BCUT2D eigenvalue weighted by atomic mass is 10.1. The van der Waals surface area contributed by atoms with Gasteiger partial charge in [0.15, 0.2) is 0 Å². The molecule has 94 valence electrons. The van der Waals surface area contributed by atoms with Gasteiger partial charge >= 0.3 is 13.5 Å². The van der Waals surface area contributed by atoms with Crippen LogP contribution in [0, 0.1) is 0 Å². The van der Waals surface area contributed by atoms with Crippen LogP contribution in [-0.4, -0.2) is 12.1 Å². The molecule has 4 nitrogen and oxygen atoms in total. The fourth-order valence-electron chi connectivity index (χ4n) is 1.47. The van der Waals surface area contributed by atoms with Gasteiger partial charge in [-0.15, -0.1) is 0 Å². The van der Waals surface area contributed by atoms with Gasteiger partial charge in [0.2, 0.25) is 0 Å². The molecule has 0 aliphatic heterocycles. The largest absolute Gasteiger partial charge is 0.400 e. The monoisotopic (exact) mass is 255 g/mol. The van der Waals surface area contributed by atoms with Crippen LogP contribution in [0.4, 0.5) is 0 Å². The molecule has 5 heteroatoms. The van der Waals surface area contributed by atoms with Crippen LogP contribution in [0.1, 0.15) is 25.3 Å². The summed E-state index contributed by atoms with van der Waals surface area (Å²) in [6, 6.07) is 9.59. The van der Waals surface area contributed by atoms with Gasteiger partial charge in [0, 0.05) is 12.6 Å². The van der Waals surface area contributed by atoms with Crippen molar-refractivity contribution in [2.45, 2.75) is 26.2 Å². The summed E-state index contributed by atoms with van der Waals surface area (Å²) in [5, 5.41) is 0. The number of carbonyl (C=O) groups is 1. The minimum absolute atomic E-state index is 0.203. The maximum absolute atomic E-state index is 11.6. The molecule has 1 aromatic carbocycles. The van der Waals surface area contributed by atoms with E-state index < -0.39 is 13.5 Å². The first-order valence-electron chi connectivity index (χ1n) is 5.67. The Labute approximate surface area is 102 Å². The second kappa shape index (κ2) is 6.58. The van der Waals surface area contributed by atoms with E-state index in [4.69, 9.17) is 10.0 Å². The summed E-state index contributed by atoms with van der Waals surface area (Å²) in [4.78, 5) is 11.4. The fraction of sp³-hybridized carbons (Fsp3) is 0.417. The van der Waals surface area contributed by atoms with Crippen LogP contribution in [0.2, 0.25) is 0 Å². The van der Waals surface area contributed by atoms with Gasteiger partial charge in [0.05, 0.1) is 0 Å². The molecule has 1 aromatic rings. The third-order valence-corrected chi connectivity index (χ3v) is 3.84. The molecule has 0 spiro atoms. The Kier molecular flexibility index (Phi) is 5.39. The lowest BCUT2D eigenvalue weighted by Crippen LogP contribution is -2.10. The molecule has 17 heavy (non-hydrogen) atoms. The molecule has 0 fully saturated rings. The maximum Gasteiger partial charge on any atom is 0.316 e. The first-order chi connectivity index (χ1) is 8.03. The summed E-state index contributed by atoms with van der Waals surface area (Å²) in [5.74, 6) is -0.492. The van der Waals surface area contributed by atoms with Gasteiger partial charge < -0.3 is 4.52 Å². The van der Waals surface area contributed by atoms with Gasteiger partial charge in [0.1, 0.15) is 0 Å². The predicted octanol–water partition coefficient (Wildman–Crippen LogP) is 2.72. The summed E-state index contributed by atoms with van der Waals surface area (Å²) in [6.07, 6.45) is 1.66. The standard InChI is InChI=1S/C12H18NO3P/c1-2-10-17(13,15)16-12(14)9-8-11-6-4-3-5-7-11/h3-7H,2,8-10H2,1H3,(H2,13,15). The number of nitrogens with two attached hydrogens (primary N) is 1. The van der Waals surface area contributed by atoms with Crippen molar-refractivity contribution >= 4 is 13.5 Å². The molecular formula is C12H18NO3P. The Morgan fingerprint density at radius 1 is 1.35 bits per heavy atom. The lowest BCUT2D eigenvalue weighted by molar-refractivity contribution is -0.134. The zero-order valence-corrected chi connectivity index (χ0v) is 10.9. The average molecular weight is 255 g/mol. The van der Waals surface area contributed by atoms with Crippen molar-refractivity contribution in [1.29, 1.82) is 0 Å². The normalized spacial score (nSPS) is 14.0. The van der Waals surface area contributed by atoms with E-state index in [0.29, 0.717) is 12.8 Å². The number of hydrogen-bond acceptors (Lipinski definition) is 3. The highest BCUT2D eigenvalue weighted by atomic mass is 31.2. The minimum atomic E-state index is -3.22. The highest BCUT2D eigenvalue weighted by Crippen LogP contribution is 2.38. The van der Waals surface area contributed by atoms with Crippen molar-refractivity contribution in [3.63, 3.8) is 0 Å². The second-order valence-corrected chi connectivity index (χ2v) is 5.98. The molecule has 1 unspecified atom stereocenters. The topological polar surface area (TPSA) is 69.4 Å². The Hall–Kier alpha value is -1.12. The quantitative estimate of drug-likeness (QED) is 0.793. The van der Waals surface area contributed by atoms with E-state index in [9.17, 15) is 9.36 Å². The molecule has 0 radical (unpaired) electrons. The van der Waals surface area contributed by atoms with Crippen molar-refractivity contribution in [3.05, 3.63) is 35.9 Å². The van der Waals surface area contributed by atoms with E-state index in [1.54, 1.807) is 0 Å². The molecule has 1 rings (SSSR count). The zero-order valence-electron chi connectivity index (χ0n) is 9.96. The van der Waals surface area contributed by atoms with E-state index in [0.717, 1.165) is 5.56 Å². The SMILES string of the molecule is CCCP(N)(=O)OC(=O)CCc1ccccc1. The first kappa shape index (κ1) is 13.9. The second-order valence-electron chi connectivity index (χ2n) is 3.90. The number of rotatable bonds is 6. The van der Waals surface area contributed by atoms with Crippen LogP contribution in [0.25, 0.3) is 0 Å². The van der Waals surface area contributed by atoms with Crippen LogP contribution in [-0.2, 0) is 20.3 Å². The van der Waals surface area contributed by atoms with Crippen molar-refractivity contribution in [3.8, 4) is 0 Å². The third kappa shape index (κ3) is 5.66. The number of aryl methyl sites for hydroxylation is 1. The highest BCUT2D eigenvalue weighted by molar-refractivity contribution is 7.56. The molecule has 0 amide bonds. The van der Waals surface area contributed by atoms with Crippen molar-refractivity contribution in [2.24, 2.45) is 5.50 Å². The van der Waals surface area contributed by atoms with E-state index in [1.807, 2.05) is 37.3 Å². The number of carbonyl (C=O) groups excluding carboxylic acids is 1. The van der Waals surface area contributed by atoms with Gasteiger partial charge in [-0.05, 0) is 18.4 Å². The average Bonchev–Trinajstić information content (AvgIpc) is 2.27. The Balaban J connectivity index is 2.38. The minimum Gasteiger partial charge on any atom is -0.400 e. The molecule has 0 saturated heterocycles. The molecule has 0 heterocycles. The van der Waals surface area contributed by atoms with E-state index in [2.05, 4.69) is 0 Å². The Bertz CT molecular complexity index is 405. The van der Waals surface area contributed by atoms with Gasteiger partial charge in [-0.2, -0.15) is 0 Å². The summed E-state index contributed by atoms with van der Waals surface area (Å²) < 4.78 is 16.4. The highest BCUT2D eigenvalue weighted by Gasteiger charge is 2.20. The summed E-state index contributed by atoms with van der Waals surface area (Å²) in [5.41, 5.74) is 6.46. The van der Waals surface area contributed by atoms with Crippen molar-refractivity contribution in [2.75, 3.05) is 6.16 Å². The number of hydrogen-bond donors (Lipinski definition) is 1. The molecule has 2 N–H and O–H groups in total. The summed E-state index contributed by atoms with van der Waals surface area (Å²) in [6.45, 7) is 1.84. The van der Waals surface area contributed by atoms with Crippen LogP contribution in [0.15, 0.2) is 30.3 Å². The van der Waals surface area contributed by atoms with Gasteiger partial charge in [0.25, 0.3) is 0 Å². The molecule has 1 atom stereocenters. The molecule has 0 bridgehead atoms. The fourth-order valence-corrected chi connectivity index (χ4v) is 2.62. The van der Waals surface area contributed by atoms with Gasteiger partial charge in [-0.25, -0.2) is 5.50 Å². The van der Waals surface area contributed by atoms with E-state index in [1.165, 1.54) is 0 Å². The molecule has 0 aliphatic carbocycles. The molecule has 0 saturated carbocycles. The lowest BCUT2D eigenvalue weighted by Gasteiger charge is -2.12. The first-order valence-corrected chi connectivity index (χ1v) is 7.55. The van der Waals surface area contributed by atoms with E-state index >= 15 is 0 Å². The van der Waals surface area contributed by atoms with E-state index in [-0.39, 0.29) is 12.6 Å². The summed E-state index contributed by atoms with van der Waals surface area (Å²) >= 11 is 0. The van der Waals surface area contributed by atoms with Gasteiger partial charge in [-0.1, -0.05) is 37.3 Å². The molecule has 0 aliphatic rings. The van der Waals surface area contributed by atoms with Crippen molar-refractivity contribution in [1.82, 2.24) is 0 Å². The van der Waals surface area contributed by atoms with Crippen LogP contribution < -0.4 is 5.50 Å². The number of benzene rings is 1. The maximum atomic E-state index is 11.6. The zero-order chi connectivity index (χ0) is 12.7. The molecular weight excluding hydrogens is 237 g/mol. The Morgan fingerprint density at radius 3 is 2.59 bits per heavy atom. The van der Waals surface area contributed by atoms with Crippen LogP contribution in [0.3, 0.4) is 0 Å². The summed E-state index contributed by atoms with van der Waals surface area (Å²) in [7, 11) is -3.22. The Morgan fingerprint density at radius 2 is 2.00 bits per heavy atom. The van der Waals surface area contributed by atoms with Gasteiger partial charge in [-0.3, -0.25) is 9.36 Å². The smallest absolute Gasteiger partial charge is 0.316 e.